The van der Waals surface area contributed by atoms with E-state index in [0.717, 1.165) is 6.07 Å². The van der Waals surface area contributed by atoms with Crippen molar-refractivity contribution < 1.29 is 22.6 Å². The highest BCUT2D eigenvalue weighted by Crippen LogP contribution is 2.28. The average Bonchev–Trinajstić information content (AvgIpc) is 2.75. The van der Waals surface area contributed by atoms with Gasteiger partial charge in [-0.25, -0.2) is 4.68 Å². The first-order chi connectivity index (χ1) is 9.35. The van der Waals surface area contributed by atoms with E-state index in [9.17, 15) is 13.2 Å². The molecule has 0 aliphatic carbocycles. The fourth-order valence-corrected chi connectivity index (χ4v) is 1.51. The van der Waals surface area contributed by atoms with E-state index in [1.165, 1.54) is 29.2 Å². The SMILES string of the molecule is CC(C)n1ncnc1Oc1cccc(OC(F)(F)F)c1. The molecule has 5 nitrogen and oxygen atoms in total. The summed E-state index contributed by atoms with van der Waals surface area (Å²) < 4.78 is 47.1. The van der Waals surface area contributed by atoms with Crippen LogP contribution in [0.5, 0.6) is 17.5 Å². The van der Waals surface area contributed by atoms with Crippen LogP contribution in [-0.4, -0.2) is 21.1 Å². The maximum absolute atomic E-state index is 12.1. The highest BCUT2D eigenvalue weighted by molar-refractivity contribution is 5.34. The predicted molar refractivity (Wildman–Crippen MR) is 63.6 cm³/mol. The van der Waals surface area contributed by atoms with Gasteiger partial charge in [0.2, 0.25) is 0 Å². The second-order valence-electron chi connectivity index (χ2n) is 4.21. The molecule has 0 aliphatic rings. The normalized spacial score (nSPS) is 11.7. The van der Waals surface area contributed by atoms with E-state index < -0.39 is 6.36 Å². The zero-order chi connectivity index (χ0) is 14.8. The number of nitrogens with zero attached hydrogens (tertiary/aromatic N) is 3. The molecule has 20 heavy (non-hydrogen) atoms. The standard InChI is InChI=1S/C12H12F3N3O2/c1-8(2)18-11(16-7-17-18)19-9-4-3-5-10(6-9)20-12(13,14)15/h3-8H,1-2H3. The second kappa shape index (κ2) is 5.40. The average molecular weight is 287 g/mol. The van der Waals surface area contributed by atoms with Crippen molar-refractivity contribution in [1.29, 1.82) is 0 Å². The summed E-state index contributed by atoms with van der Waals surface area (Å²) in [7, 11) is 0. The zero-order valence-electron chi connectivity index (χ0n) is 10.8. The van der Waals surface area contributed by atoms with Gasteiger partial charge in [0, 0.05) is 6.07 Å². The van der Waals surface area contributed by atoms with Gasteiger partial charge in [-0.15, -0.1) is 13.2 Å². The number of hydrogen-bond acceptors (Lipinski definition) is 4. The van der Waals surface area contributed by atoms with Gasteiger partial charge in [0.15, 0.2) is 0 Å². The number of aromatic nitrogens is 3. The Morgan fingerprint density at radius 1 is 1.20 bits per heavy atom. The molecule has 0 fully saturated rings. The Kier molecular flexibility index (Phi) is 3.82. The van der Waals surface area contributed by atoms with Crippen molar-refractivity contribution in [2.24, 2.45) is 0 Å². The Labute approximate surface area is 112 Å². The molecule has 1 heterocycles. The van der Waals surface area contributed by atoms with Gasteiger partial charge in [-0.1, -0.05) is 6.07 Å². The topological polar surface area (TPSA) is 49.2 Å². The van der Waals surface area contributed by atoms with Crippen LogP contribution in [0.3, 0.4) is 0 Å². The van der Waals surface area contributed by atoms with Crippen molar-refractivity contribution in [1.82, 2.24) is 14.8 Å². The van der Waals surface area contributed by atoms with Crippen molar-refractivity contribution in [2.75, 3.05) is 0 Å². The van der Waals surface area contributed by atoms with Gasteiger partial charge < -0.3 is 9.47 Å². The first-order valence-electron chi connectivity index (χ1n) is 5.78. The fourth-order valence-electron chi connectivity index (χ4n) is 1.51. The number of hydrogen-bond donors (Lipinski definition) is 0. The van der Waals surface area contributed by atoms with Gasteiger partial charge in [0.1, 0.15) is 17.8 Å². The molecule has 1 aromatic heterocycles. The largest absolute Gasteiger partial charge is 0.573 e. The molecule has 2 aromatic rings. The minimum absolute atomic E-state index is 0.0158. The van der Waals surface area contributed by atoms with Gasteiger partial charge >= 0.3 is 12.4 Å². The molecule has 0 amide bonds. The lowest BCUT2D eigenvalue weighted by Gasteiger charge is -2.12. The highest BCUT2D eigenvalue weighted by atomic mass is 19.4. The summed E-state index contributed by atoms with van der Waals surface area (Å²) in [5.74, 6) is -0.174. The van der Waals surface area contributed by atoms with Crippen LogP contribution >= 0.6 is 0 Å². The number of ether oxygens (including phenoxy) is 2. The van der Waals surface area contributed by atoms with E-state index in [-0.39, 0.29) is 23.6 Å². The molecule has 0 atom stereocenters. The van der Waals surface area contributed by atoms with Gasteiger partial charge in [-0.3, -0.25) is 0 Å². The minimum atomic E-state index is -4.74. The summed E-state index contributed by atoms with van der Waals surface area (Å²) in [5.41, 5.74) is 0. The lowest BCUT2D eigenvalue weighted by molar-refractivity contribution is -0.274. The lowest BCUT2D eigenvalue weighted by Crippen LogP contribution is -2.17. The molecular weight excluding hydrogens is 275 g/mol. The van der Waals surface area contributed by atoms with Gasteiger partial charge in [-0.2, -0.15) is 10.1 Å². The molecule has 0 radical (unpaired) electrons. The molecule has 1 aromatic carbocycles. The third-order valence-corrected chi connectivity index (χ3v) is 2.28. The number of alkyl halides is 3. The van der Waals surface area contributed by atoms with E-state index >= 15 is 0 Å². The van der Waals surface area contributed by atoms with E-state index in [2.05, 4.69) is 14.8 Å². The Bertz CT molecular complexity index is 581. The molecule has 8 heteroatoms. The Balaban J connectivity index is 2.17. The summed E-state index contributed by atoms with van der Waals surface area (Å²) in [4.78, 5) is 3.90. The predicted octanol–water partition coefficient (Wildman–Crippen LogP) is 3.55. The van der Waals surface area contributed by atoms with Crippen LogP contribution in [0.1, 0.15) is 19.9 Å². The van der Waals surface area contributed by atoms with E-state index in [1.807, 2.05) is 13.8 Å². The second-order valence-corrected chi connectivity index (χ2v) is 4.21. The lowest BCUT2D eigenvalue weighted by atomic mass is 10.3. The van der Waals surface area contributed by atoms with E-state index in [1.54, 1.807) is 0 Å². The number of benzene rings is 1. The van der Waals surface area contributed by atoms with Crippen LogP contribution in [0.25, 0.3) is 0 Å². The smallest absolute Gasteiger partial charge is 0.424 e. The molecule has 2 rings (SSSR count). The Morgan fingerprint density at radius 3 is 2.55 bits per heavy atom. The fraction of sp³-hybridized carbons (Fsp3) is 0.333. The van der Waals surface area contributed by atoms with Crippen LogP contribution in [0.15, 0.2) is 30.6 Å². The van der Waals surface area contributed by atoms with Crippen LogP contribution in [0, 0.1) is 0 Å². The number of rotatable bonds is 4. The van der Waals surface area contributed by atoms with Crippen LogP contribution < -0.4 is 9.47 Å². The molecule has 0 N–H and O–H groups in total. The molecule has 0 aliphatic heterocycles. The quantitative estimate of drug-likeness (QED) is 0.862. The molecule has 0 unspecified atom stereocenters. The Hall–Kier alpha value is -2.25. The third kappa shape index (κ3) is 3.62. The molecule has 0 saturated heterocycles. The summed E-state index contributed by atoms with van der Waals surface area (Å²) in [6.45, 7) is 3.76. The van der Waals surface area contributed by atoms with Gasteiger partial charge in [0.25, 0.3) is 0 Å². The van der Waals surface area contributed by atoms with Crippen molar-refractivity contribution in [3.63, 3.8) is 0 Å². The van der Waals surface area contributed by atoms with Crippen molar-refractivity contribution >= 4 is 0 Å². The third-order valence-electron chi connectivity index (χ3n) is 2.28. The molecule has 0 saturated carbocycles. The maximum Gasteiger partial charge on any atom is 0.573 e. The zero-order valence-corrected chi connectivity index (χ0v) is 10.8. The van der Waals surface area contributed by atoms with E-state index in [4.69, 9.17) is 4.74 Å². The number of halogens is 3. The minimum Gasteiger partial charge on any atom is -0.424 e. The van der Waals surface area contributed by atoms with Gasteiger partial charge in [0.05, 0.1) is 6.04 Å². The summed E-state index contributed by atoms with van der Waals surface area (Å²) in [5, 5.41) is 3.96. The molecule has 108 valence electrons. The van der Waals surface area contributed by atoms with Crippen molar-refractivity contribution in [2.45, 2.75) is 26.3 Å². The monoisotopic (exact) mass is 287 g/mol. The molecule has 0 bridgehead atoms. The van der Waals surface area contributed by atoms with Crippen molar-refractivity contribution in [3.05, 3.63) is 30.6 Å². The van der Waals surface area contributed by atoms with Gasteiger partial charge in [-0.05, 0) is 26.0 Å². The van der Waals surface area contributed by atoms with E-state index in [0.29, 0.717) is 0 Å². The maximum atomic E-state index is 12.1. The van der Waals surface area contributed by atoms with Crippen LogP contribution in [0.2, 0.25) is 0 Å². The molecule has 0 spiro atoms. The summed E-state index contributed by atoms with van der Waals surface area (Å²) >= 11 is 0. The van der Waals surface area contributed by atoms with Crippen LogP contribution in [-0.2, 0) is 0 Å². The Morgan fingerprint density at radius 2 is 1.90 bits per heavy atom. The first kappa shape index (κ1) is 14.2. The summed E-state index contributed by atoms with van der Waals surface area (Å²) in [6.07, 6.45) is -3.43. The highest BCUT2D eigenvalue weighted by Gasteiger charge is 2.31. The van der Waals surface area contributed by atoms with Crippen LogP contribution in [0.4, 0.5) is 13.2 Å². The first-order valence-corrected chi connectivity index (χ1v) is 5.78. The molecular formula is C12H12F3N3O2. The summed E-state index contributed by atoms with van der Waals surface area (Å²) in [6, 6.07) is 5.43. The van der Waals surface area contributed by atoms with Crippen molar-refractivity contribution in [3.8, 4) is 17.5 Å².